The number of benzene rings is 1. The Morgan fingerprint density at radius 2 is 2.04 bits per heavy atom. The molecule has 0 aliphatic rings. The van der Waals surface area contributed by atoms with Crippen molar-refractivity contribution in [3.63, 3.8) is 0 Å². The van der Waals surface area contributed by atoms with Gasteiger partial charge in [0.25, 0.3) is 5.56 Å². The summed E-state index contributed by atoms with van der Waals surface area (Å²) < 4.78 is 5.31. The Bertz CT molecular complexity index is 1130. The van der Waals surface area contributed by atoms with E-state index >= 15 is 0 Å². The lowest BCUT2D eigenvalue weighted by molar-refractivity contribution is 0.260. The summed E-state index contributed by atoms with van der Waals surface area (Å²) in [5, 5.41) is 4.99. The summed E-state index contributed by atoms with van der Waals surface area (Å²) in [5.74, 6) is 0.934. The van der Waals surface area contributed by atoms with E-state index in [0.717, 1.165) is 16.5 Å². The number of hydrogen-bond donors (Lipinski definition) is 1. The Balaban J connectivity index is 1.50. The lowest BCUT2D eigenvalue weighted by Crippen LogP contribution is -2.23. The fourth-order valence-electron chi connectivity index (χ4n) is 2.98. The van der Waals surface area contributed by atoms with Crippen LogP contribution in [-0.4, -0.2) is 32.1 Å². The monoisotopic (exact) mass is 361 g/mol. The molecule has 0 unspecified atom stereocenters. The summed E-state index contributed by atoms with van der Waals surface area (Å²) in [5.41, 5.74) is 3.27. The first-order valence-electron chi connectivity index (χ1n) is 8.63. The van der Waals surface area contributed by atoms with Crippen molar-refractivity contribution in [2.24, 2.45) is 0 Å². The van der Waals surface area contributed by atoms with Gasteiger partial charge in [0.1, 0.15) is 5.69 Å². The highest BCUT2D eigenvalue weighted by Crippen LogP contribution is 2.15. The second kappa shape index (κ2) is 7.13. The Morgan fingerprint density at radius 1 is 1.15 bits per heavy atom. The first kappa shape index (κ1) is 17.1. The number of fused-ring (bicyclic) bond motifs is 1. The minimum absolute atomic E-state index is 0.0853. The van der Waals surface area contributed by atoms with Crippen molar-refractivity contribution in [2.45, 2.75) is 20.0 Å². The summed E-state index contributed by atoms with van der Waals surface area (Å²) in [6.07, 6.45) is 1.69. The normalized spacial score (nSPS) is 11.4. The number of aromatic nitrogens is 4. The third kappa shape index (κ3) is 3.78. The molecule has 0 aliphatic heterocycles. The number of pyridine rings is 2. The van der Waals surface area contributed by atoms with Crippen molar-refractivity contribution in [1.82, 2.24) is 25.0 Å². The van der Waals surface area contributed by atoms with Crippen LogP contribution in [0.15, 0.2) is 58.0 Å². The predicted molar refractivity (Wildman–Crippen MR) is 102 cm³/mol. The zero-order chi connectivity index (χ0) is 18.8. The van der Waals surface area contributed by atoms with Gasteiger partial charge in [-0.3, -0.25) is 14.7 Å². The van der Waals surface area contributed by atoms with Gasteiger partial charge in [0.2, 0.25) is 11.7 Å². The third-order valence-electron chi connectivity index (χ3n) is 4.28. The van der Waals surface area contributed by atoms with Gasteiger partial charge in [-0.25, -0.2) is 0 Å². The molecular formula is C20H19N5O2. The summed E-state index contributed by atoms with van der Waals surface area (Å²) in [6.45, 7) is 2.94. The maximum Gasteiger partial charge on any atom is 0.252 e. The second-order valence-electron chi connectivity index (χ2n) is 6.61. The third-order valence-corrected chi connectivity index (χ3v) is 4.28. The van der Waals surface area contributed by atoms with Gasteiger partial charge in [0, 0.05) is 23.8 Å². The molecular weight excluding hydrogens is 342 g/mol. The lowest BCUT2D eigenvalue weighted by atomic mass is 10.1. The summed E-state index contributed by atoms with van der Waals surface area (Å²) in [7, 11) is 1.91. The van der Waals surface area contributed by atoms with Crippen LogP contribution in [0.25, 0.3) is 22.4 Å². The van der Waals surface area contributed by atoms with Crippen molar-refractivity contribution < 1.29 is 4.52 Å². The van der Waals surface area contributed by atoms with Crippen LogP contribution in [-0.2, 0) is 13.1 Å². The number of nitrogens with one attached hydrogen (secondary N) is 1. The van der Waals surface area contributed by atoms with Crippen molar-refractivity contribution in [2.75, 3.05) is 7.05 Å². The molecule has 4 aromatic rings. The van der Waals surface area contributed by atoms with Gasteiger partial charge in [-0.15, -0.1) is 0 Å². The van der Waals surface area contributed by atoms with Crippen molar-refractivity contribution in [3.05, 3.63) is 76.0 Å². The predicted octanol–water partition coefficient (Wildman–Crippen LogP) is 2.91. The average Bonchev–Trinajstić information content (AvgIpc) is 3.12. The molecule has 3 aromatic heterocycles. The number of H-pyrrole nitrogens is 1. The van der Waals surface area contributed by atoms with Gasteiger partial charge in [0.05, 0.1) is 6.54 Å². The highest BCUT2D eigenvalue weighted by molar-refractivity contribution is 5.79. The molecule has 0 radical (unpaired) electrons. The molecule has 4 rings (SSSR count). The average molecular weight is 361 g/mol. The first-order chi connectivity index (χ1) is 13.1. The zero-order valence-corrected chi connectivity index (χ0v) is 15.1. The van der Waals surface area contributed by atoms with E-state index < -0.39 is 0 Å². The Hall–Kier alpha value is -3.32. The van der Waals surface area contributed by atoms with Gasteiger partial charge in [-0.05, 0) is 49.7 Å². The Morgan fingerprint density at radius 3 is 2.85 bits per heavy atom. The molecule has 1 N–H and O–H groups in total. The minimum atomic E-state index is -0.0853. The van der Waals surface area contributed by atoms with Crippen molar-refractivity contribution >= 4 is 10.9 Å². The number of hydrogen-bond acceptors (Lipinski definition) is 6. The number of rotatable bonds is 5. The second-order valence-corrected chi connectivity index (χ2v) is 6.61. The van der Waals surface area contributed by atoms with E-state index in [1.54, 1.807) is 6.20 Å². The van der Waals surface area contributed by atoms with Crippen LogP contribution in [0.4, 0.5) is 0 Å². The molecule has 0 amide bonds. The van der Waals surface area contributed by atoms with E-state index in [0.29, 0.717) is 36.1 Å². The van der Waals surface area contributed by atoms with Crippen LogP contribution in [0.5, 0.6) is 0 Å². The lowest BCUT2D eigenvalue weighted by Gasteiger charge is -2.14. The number of nitrogens with zero attached hydrogens (tertiary/aromatic N) is 4. The standard InChI is InChI=1S/C20H19N5O2/c1-13-6-7-16-14(9-13)10-15(20(26)22-16)11-25(2)12-18-23-19(24-27-18)17-5-3-4-8-21-17/h3-10H,11-12H2,1-2H3,(H,22,26). The zero-order valence-electron chi connectivity index (χ0n) is 15.1. The van der Waals surface area contributed by atoms with E-state index in [4.69, 9.17) is 4.52 Å². The van der Waals surface area contributed by atoms with Gasteiger partial charge in [0.15, 0.2) is 0 Å². The molecule has 1 aromatic carbocycles. The number of aryl methyl sites for hydroxylation is 1. The van der Waals surface area contributed by atoms with E-state index in [9.17, 15) is 4.79 Å². The maximum absolute atomic E-state index is 12.4. The highest BCUT2D eigenvalue weighted by Gasteiger charge is 2.13. The van der Waals surface area contributed by atoms with Gasteiger partial charge in [-0.1, -0.05) is 22.9 Å². The maximum atomic E-state index is 12.4. The van der Waals surface area contributed by atoms with Crippen LogP contribution in [0, 0.1) is 6.92 Å². The fraction of sp³-hybridized carbons (Fsp3) is 0.200. The van der Waals surface area contributed by atoms with Crippen LogP contribution in [0.1, 0.15) is 17.0 Å². The van der Waals surface area contributed by atoms with Gasteiger partial charge < -0.3 is 9.51 Å². The molecule has 0 spiro atoms. The molecule has 0 saturated heterocycles. The number of aromatic amines is 1. The molecule has 0 bridgehead atoms. The van der Waals surface area contributed by atoms with E-state index in [1.165, 1.54) is 0 Å². The molecule has 0 aliphatic carbocycles. The van der Waals surface area contributed by atoms with Crippen molar-refractivity contribution in [1.29, 1.82) is 0 Å². The summed E-state index contributed by atoms with van der Waals surface area (Å²) in [4.78, 5) is 25.8. The molecule has 0 saturated carbocycles. The van der Waals surface area contributed by atoms with Crippen LogP contribution < -0.4 is 5.56 Å². The quantitative estimate of drug-likeness (QED) is 0.588. The SMILES string of the molecule is Cc1ccc2[nH]c(=O)c(CN(C)Cc3nc(-c4ccccn4)no3)cc2c1. The van der Waals surface area contributed by atoms with Crippen LogP contribution >= 0.6 is 0 Å². The molecule has 27 heavy (non-hydrogen) atoms. The molecule has 0 fully saturated rings. The van der Waals surface area contributed by atoms with E-state index in [2.05, 4.69) is 26.2 Å². The van der Waals surface area contributed by atoms with Gasteiger partial charge >= 0.3 is 0 Å². The van der Waals surface area contributed by atoms with E-state index in [-0.39, 0.29) is 5.56 Å². The van der Waals surface area contributed by atoms with Gasteiger partial charge in [-0.2, -0.15) is 4.98 Å². The Labute approximate surface area is 155 Å². The molecule has 136 valence electrons. The van der Waals surface area contributed by atoms with Crippen LogP contribution in [0.2, 0.25) is 0 Å². The molecule has 7 heteroatoms. The van der Waals surface area contributed by atoms with Crippen molar-refractivity contribution in [3.8, 4) is 11.5 Å². The highest BCUT2D eigenvalue weighted by atomic mass is 16.5. The molecule has 0 atom stereocenters. The summed E-state index contributed by atoms with van der Waals surface area (Å²) >= 11 is 0. The molecule has 7 nitrogen and oxygen atoms in total. The Kier molecular flexibility index (Phi) is 4.52. The smallest absolute Gasteiger partial charge is 0.252 e. The topological polar surface area (TPSA) is 87.9 Å². The minimum Gasteiger partial charge on any atom is -0.337 e. The largest absolute Gasteiger partial charge is 0.337 e. The van der Waals surface area contributed by atoms with Crippen LogP contribution in [0.3, 0.4) is 0 Å². The first-order valence-corrected chi connectivity index (χ1v) is 8.63. The van der Waals surface area contributed by atoms with E-state index in [1.807, 2.05) is 55.3 Å². The molecule has 3 heterocycles. The summed E-state index contributed by atoms with van der Waals surface area (Å²) in [6, 6.07) is 13.4. The fourth-order valence-corrected chi connectivity index (χ4v) is 2.98.